The summed E-state index contributed by atoms with van der Waals surface area (Å²) in [6, 6.07) is 26.6. The molecule has 1 saturated carbocycles. The Balaban J connectivity index is 1.39. The second kappa shape index (κ2) is 12.4. The first-order valence-electron chi connectivity index (χ1n) is 14.1. The number of aromatic nitrogens is 1. The summed E-state index contributed by atoms with van der Waals surface area (Å²) in [6.07, 6.45) is 6.90. The second-order valence-electron chi connectivity index (χ2n) is 11.4. The van der Waals surface area contributed by atoms with E-state index in [1.165, 1.54) is 12.5 Å². The second-order valence-corrected chi connectivity index (χ2v) is 12.9. The molecule has 0 amide bonds. The van der Waals surface area contributed by atoms with Crippen LogP contribution in [0, 0.1) is 0 Å². The molecule has 1 aromatic heterocycles. The summed E-state index contributed by atoms with van der Waals surface area (Å²) < 4.78 is 5.59. The standard InChI is InChI=1S/C35H36ClNO3S/c1-24(38)40-35(18-19-35)23-41-20-17-30(31-9-4-5-10-32(31)34(2,3)39)27-8-6-7-25(21-27)11-15-29-16-13-26-12-14-28(36)22-33(26)37-29/h4-16,21-22,30,39H,17-20,23H2,1-3H3. The molecule has 1 aliphatic rings. The van der Waals surface area contributed by atoms with Crippen LogP contribution in [-0.2, 0) is 15.1 Å². The maximum atomic E-state index is 11.5. The lowest BCUT2D eigenvalue weighted by atomic mass is 9.81. The third kappa shape index (κ3) is 7.59. The third-order valence-corrected chi connectivity index (χ3v) is 9.00. The Labute approximate surface area is 251 Å². The fourth-order valence-electron chi connectivity index (χ4n) is 5.30. The van der Waals surface area contributed by atoms with Gasteiger partial charge in [-0.3, -0.25) is 4.79 Å². The fourth-order valence-corrected chi connectivity index (χ4v) is 6.73. The van der Waals surface area contributed by atoms with Gasteiger partial charge in [0.2, 0.25) is 0 Å². The highest BCUT2D eigenvalue weighted by Gasteiger charge is 2.46. The van der Waals surface area contributed by atoms with Gasteiger partial charge in [0.25, 0.3) is 0 Å². The Bertz CT molecular complexity index is 1570. The predicted molar refractivity (Wildman–Crippen MR) is 171 cm³/mol. The zero-order chi connectivity index (χ0) is 29.0. The number of carbonyl (C=O) groups excluding carboxylic acids is 1. The van der Waals surface area contributed by atoms with Gasteiger partial charge in [-0.05, 0) is 85.4 Å². The van der Waals surface area contributed by atoms with Crippen molar-refractivity contribution in [3.63, 3.8) is 0 Å². The summed E-state index contributed by atoms with van der Waals surface area (Å²) >= 11 is 8.01. The van der Waals surface area contributed by atoms with Crippen molar-refractivity contribution < 1.29 is 14.6 Å². The van der Waals surface area contributed by atoms with Crippen molar-refractivity contribution in [3.05, 3.63) is 112 Å². The molecule has 1 heterocycles. The van der Waals surface area contributed by atoms with E-state index in [0.29, 0.717) is 5.02 Å². The van der Waals surface area contributed by atoms with Crippen LogP contribution in [0.25, 0.3) is 23.1 Å². The number of rotatable bonds is 11. The minimum absolute atomic E-state index is 0.100. The molecule has 4 aromatic rings. The van der Waals surface area contributed by atoms with Gasteiger partial charge in [0.1, 0.15) is 5.60 Å². The number of hydrogen-bond acceptors (Lipinski definition) is 5. The van der Waals surface area contributed by atoms with Crippen LogP contribution in [0.3, 0.4) is 0 Å². The number of esters is 1. The van der Waals surface area contributed by atoms with Crippen LogP contribution in [0.1, 0.15) is 73.9 Å². The van der Waals surface area contributed by atoms with Gasteiger partial charge in [-0.15, -0.1) is 0 Å². The van der Waals surface area contributed by atoms with Crippen LogP contribution < -0.4 is 0 Å². The van der Waals surface area contributed by atoms with Crippen LogP contribution in [0.2, 0.25) is 5.02 Å². The molecule has 3 aromatic carbocycles. The number of hydrogen-bond donors (Lipinski definition) is 1. The van der Waals surface area contributed by atoms with E-state index in [4.69, 9.17) is 21.3 Å². The number of halogens is 1. The monoisotopic (exact) mass is 585 g/mol. The molecule has 1 aliphatic carbocycles. The zero-order valence-corrected chi connectivity index (χ0v) is 25.3. The van der Waals surface area contributed by atoms with E-state index in [2.05, 4.69) is 42.5 Å². The molecule has 212 valence electrons. The highest BCUT2D eigenvalue weighted by Crippen LogP contribution is 2.43. The topological polar surface area (TPSA) is 59.4 Å². The van der Waals surface area contributed by atoms with Crippen LogP contribution >= 0.6 is 23.4 Å². The maximum Gasteiger partial charge on any atom is 0.303 e. The lowest BCUT2D eigenvalue weighted by Gasteiger charge is -2.27. The number of benzene rings is 3. The SMILES string of the molecule is CC(=O)OC1(CSCCC(c2cccc(C=Cc3ccc4ccc(Cl)cc4n3)c2)c2ccccc2C(C)(C)O)CC1. The molecule has 0 saturated heterocycles. The molecule has 0 bridgehead atoms. The van der Waals surface area contributed by atoms with Crippen LogP contribution in [0.5, 0.6) is 0 Å². The predicted octanol–water partition coefficient (Wildman–Crippen LogP) is 8.64. The number of aliphatic hydroxyl groups is 1. The van der Waals surface area contributed by atoms with Crippen LogP contribution in [0.4, 0.5) is 0 Å². The number of ether oxygens (including phenoxy) is 1. The first kappa shape index (κ1) is 29.4. The molecule has 1 unspecified atom stereocenters. The molecule has 1 fully saturated rings. The van der Waals surface area contributed by atoms with Gasteiger partial charge in [0.15, 0.2) is 0 Å². The Hall–Kier alpha value is -3.12. The average Bonchev–Trinajstić information content (AvgIpc) is 3.69. The van der Waals surface area contributed by atoms with Gasteiger partial charge >= 0.3 is 5.97 Å². The van der Waals surface area contributed by atoms with Gasteiger partial charge in [-0.1, -0.05) is 78.3 Å². The van der Waals surface area contributed by atoms with E-state index in [9.17, 15) is 9.90 Å². The van der Waals surface area contributed by atoms with Crippen molar-refractivity contribution in [2.75, 3.05) is 11.5 Å². The van der Waals surface area contributed by atoms with Crippen LogP contribution in [-0.4, -0.2) is 33.2 Å². The van der Waals surface area contributed by atoms with Gasteiger partial charge in [-0.25, -0.2) is 4.98 Å². The Kier molecular flexibility index (Phi) is 8.88. The number of nitrogens with zero attached hydrogens (tertiary/aromatic N) is 1. The molecule has 0 radical (unpaired) electrons. The Morgan fingerprint density at radius 1 is 1.07 bits per heavy atom. The summed E-state index contributed by atoms with van der Waals surface area (Å²) in [5, 5.41) is 12.7. The largest absolute Gasteiger partial charge is 0.458 e. The smallest absolute Gasteiger partial charge is 0.303 e. The molecular weight excluding hydrogens is 550 g/mol. The molecule has 1 N–H and O–H groups in total. The third-order valence-electron chi connectivity index (χ3n) is 7.51. The first-order chi connectivity index (χ1) is 19.6. The van der Waals surface area contributed by atoms with Gasteiger partial charge in [0, 0.05) is 29.0 Å². The van der Waals surface area contributed by atoms with E-state index >= 15 is 0 Å². The van der Waals surface area contributed by atoms with Crippen molar-refractivity contribution in [3.8, 4) is 0 Å². The molecule has 5 rings (SSSR count). The summed E-state index contributed by atoms with van der Waals surface area (Å²) in [7, 11) is 0. The van der Waals surface area contributed by atoms with E-state index in [1.807, 2.05) is 74.1 Å². The molecule has 6 heteroatoms. The summed E-state index contributed by atoms with van der Waals surface area (Å²) in [5.74, 6) is 1.63. The number of carbonyl (C=O) groups is 1. The summed E-state index contributed by atoms with van der Waals surface area (Å²) in [4.78, 5) is 16.3. The van der Waals surface area contributed by atoms with Gasteiger partial charge in [-0.2, -0.15) is 11.8 Å². The molecule has 4 nitrogen and oxygen atoms in total. The zero-order valence-electron chi connectivity index (χ0n) is 23.8. The highest BCUT2D eigenvalue weighted by atomic mass is 35.5. The number of thioether (sulfide) groups is 1. The highest BCUT2D eigenvalue weighted by molar-refractivity contribution is 7.99. The first-order valence-corrected chi connectivity index (χ1v) is 15.6. The average molecular weight is 586 g/mol. The lowest BCUT2D eigenvalue weighted by Crippen LogP contribution is -2.21. The quantitative estimate of drug-likeness (QED) is 0.141. The van der Waals surface area contributed by atoms with Crippen molar-refractivity contribution in [1.29, 1.82) is 0 Å². The molecule has 1 atom stereocenters. The molecular formula is C35H36ClNO3S. The van der Waals surface area contributed by atoms with Crippen molar-refractivity contribution >= 4 is 52.4 Å². The van der Waals surface area contributed by atoms with Crippen molar-refractivity contribution in [1.82, 2.24) is 4.98 Å². The van der Waals surface area contributed by atoms with E-state index < -0.39 is 5.60 Å². The normalized spacial score (nSPS) is 15.2. The van der Waals surface area contributed by atoms with Crippen molar-refractivity contribution in [2.24, 2.45) is 0 Å². The summed E-state index contributed by atoms with van der Waals surface area (Å²) in [6.45, 7) is 5.18. The number of fused-ring (bicyclic) bond motifs is 1. The molecule has 41 heavy (non-hydrogen) atoms. The summed E-state index contributed by atoms with van der Waals surface area (Å²) in [5.41, 5.74) is 4.86. The minimum Gasteiger partial charge on any atom is -0.458 e. The Morgan fingerprint density at radius 3 is 2.61 bits per heavy atom. The molecule has 0 aliphatic heterocycles. The maximum absolute atomic E-state index is 11.5. The van der Waals surface area contributed by atoms with Gasteiger partial charge in [0.05, 0.1) is 16.8 Å². The van der Waals surface area contributed by atoms with Crippen molar-refractivity contribution in [2.45, 2.75) is 57.2 Å². The van der Waals surface area contributed by atoms with E-state index in [0.717, 1.165) is 64.1 Å². The number of pyridine rings is 1. The minimum atomic E-state index is -0.961. The van der Waals surface area contributed by atoms with E-state index in [-0.39, 0.29) is 17.5 Å². The molecule has 0 spiro atoms. The fraction of sp³-hybridized carbons (Fsp3) is 0.314. The lowest BCUT2D eigenvalue weighted by molar-refractivity contribution is -0.147. The Morgan fingerprint density at radius 2 is 1.85 bits per heavy atom. The van der Waals surface area contributed by atoms with E-state index in [1.54, 1.807) is 0 Å². The van der Waals surface area contributed by atoms with Gasteiger partial charge < -0.3 is 9.84 Å². The van der Waals surface area contributed by atoms with Crippen LogP contribution in [0.15, 0.2) is 78.9 Å².